The average molecular weight is 475 g/mol. The van der Waals surface area contributed by atoms with Crippen molar-refractivity contribution in [2.45, 2.75) is 50.3 Å². The summed E-state index contributed by atoms with van der Waals surface area (Å²) in [6.45, 7) is 3.84. The molecule has 0 bridgehead atoms. The van der Waals surface area contributed by atoms with E-state index >= 15 is 0 Å². The predicted octanol–water partition coefficient (Wildman–Crippen LogP) is 2.82. The van der Waals surface area contributed by atoms with Gasteiger partial charge >= 0.3 is 7.12 Å². The maximum absolute atomic E-state index is 13.5. The molecule has 0 aliphatic carbocycles. The number of nitrogens with zero attached hydrogens (tertiary/aromatic N) is 1. The van der Waals surface area contributed by atoms with Crippen LogP contribution in [0.4, 0.5) is 0 Å². The number of amides is 1. The summed E-state index contributed by atoms with van der Waals surface area (Å²) in [5.74, 6) is -2.03. The van der Waals surface area contributed by atoms with Gasteiger partial charge in [0.25, 0.3) is 0 Å². The van der Waals surface area contributed by atoms with E-state index in [0.29, 0.717) is 12.0 Å². The van der Waals surface area contributed by atoms with Crippen LogP contribution in [0.5, 0.6) is 0 Å². The molecule has 1 amide bonds. The molecule has 0 spiro atoms. The molecule has 5 atom stereocenters. The molecule has 182 valence electrons. The van der Waals surface area contributed by atoms with Crippen molar-refractivity contribution in [2.75, 3.05) is 0 Å². The van der Waals surface area contributed by atoms with Gasteiger partial charge in [-0.25, -0.2) is 0 Å². The molecule has 4 rings (SSSR count). The van der Waals surface area contributed by atoms with E-state index in [-0.39, 0.29) is 10.8 Å². The van der Waals surface area contributed by atoms with Crippen LogP contribution in [0.25, 0.3) is 10.8 Å². The van der Waals surface area contributed by atoms with E-state index < -0.39 is 43.0 Å². The normalized spacial score (nSPS) is 22.8. The van der Waals surface area contributed by atoms with Gasteiger partial charge in [-0.05, 0) is 34.2 Å². The lowest BCUT2D eigenvalue weighted by Crippen LogP contribution is -2.53. The number of nitro groups is 1. The van der Waals surface area contributed by atoms with Crippen LogP contribution in [0.1, 0.15) is 43.4 Å². The largest absolute Gasteiger partial charge is 0.475 e. The van der Waals surface area contributed by atoms with Gasteiger partial charge in [-0.15, -0.1) is 0 Å². The molecule has 1 saturated heterocycles. The SMILES string of the molecule is CC(C)CC(NC(=O)[C@@H]1N[C@H](c2cccc3ccccc23)[C@@H]([N+](=O)[O-])[C@@H]1c1ccccc1)B(O)O. The van der Waals surface area contributed by atoms with Crippen molar-refractivity contribution in [3.05, 3.63) is 94.0 Å². The third-order valence-corrected chi connectivity index (χ3v) is 6.71. The number of fused-ring (bicyclic) bond motifs is 1. The van der Waals surface area contributed by atoms with E-state index in [9.17, 15) is 25.0 Å². The molecule has 3 aromatic carbocycles. The van der Waals surface area contributed by atoms with Gasteiger partial charge in [-0.1, -0.05) is 86.6 Å². The first-order valence-corrected chi connectivity index (χ1v) is 11.9. The highest BCUT2D eigenvalue weighted by molar-refractivity contribution is 6.43. The smallest absolute Gasteiger partial charge is 0.426 e. The zero-order valence-electron chi connectivity index (χ0n) is 19.7. The molecule has 1 heterocycles. The second-order valence-corrected chi connectivity index (χ2v) is 9.56. The number of hydrogen-bond acceptors (Lipinski definition) is 6. The number of rotatable bonds is 8. The van der Waals surface area contributed by atoms with Gasteiger partial charge in [0.2, 0.25) is 11.9 Å². The second kappa shape index (κ2) is 10.6. The standard InChI is InChI=1S/C26H30BN3O5/c1-16(2)15-21(27(32)33)28-26(31)24-22(18-10-4-3-5-11-18)25(30(34)35)23(29-24)20-14-8-12-17-9-6-7-13-19(17)20/h3-14,16,21-25,29,32-33H,15H2,1-2H3,(H,28,31)/t21?,22-,23-,24-,25+/m1/s1. The summed E-state index contributed by atoms with van der Waals surface area (Å²) < 4.78 is 0. The van der Waals surface area contributed by atoms with Crippen molar-refractivity contribution < 1.29 is 19.8 Å². The van der Waals surface area contributed by atoms with E-state index in [4.69, 9.17) is 0 Å². The fraction of sp³-hybridized carbons (Fsp3) is 0.346. The van der Waals surface area contributed by atoms with E-state index in [0.717, 1.165) is 16.3 Å². The molecular formula is C26H30BN3O5. The summed E-state index contributed by atoms with van der Waals surface area (Å²) in [6, 6.07) is 19.6. The van der Waals surface area contributed by atoms with Crippen molar-refractivity contribution >= 4 is 23.8 Å². The maximum atomic E-state index is 13.5. The highest BCUT2D eigenvalue weighted by Crippen LogP contribution is 2.42. The number of hydrogen-bond donors (Lipinski definition) is 4. The summed E-state index contributed by atoms with van der Waals surface area (Å²) >= 11 is 0. The van der Waals surface area contributed by atoms with Crippen molar-refractivity contribution in [1.82, 2.24) is 10.6 Å². The molecule has 35 heavy (non-hydrogen) atoms. The molecule has 1 unspecified atom stereocenters. The molecular weight excluding hydrogens is 445 g/mol. The lowest BCUT2D eigenvalue weighted by Gasteiger charge is -2.24. The van der Waals surface area contributed by atoms with Gasteiger partial charge in [0.1, 0.15) is 12.1 Å². The fourth-order valence-corrected chi connectivity index (χ4v) is 5.19. The van der Waals surface area contributed by atoms with Crippen molar-refractivity contribution in [2.24, 2.45) is 5.92 Å². The number of benzene rings is 3. The first-order valence-electron chi connectivity index (χ1n) is 11.9. The average Bonchev–Trinajstić information content (AvgIpc) is 3.24. The van der Waals surface area contributed by atoms with Gasteiger partial charge in [-0.2, -0.15) is 0 Å². The Balaban J connectivity index is 1.77. The Bertz CT molecular complexity index is 1180. The van der Waals surface area contributed by atoms with Crippen molar-refractivity contribution in [1.29, 1.82) is 0 Å². The highest BCUT2D eigenvalue weighted by atomic mass is 16.6. The van der Waals surface area contributed by atoms with Gasteiger partial charge in [-0.3, -0.25) is 20.2 Å². The van der Waals surface area contributed by atoms with Crippen LogP contribution >= 0.6 is 0 Å². The van der Waals surface area contributed by atoms with Gasteiger partial charge in [0.15, 0.2) is 0 Å². The van der Waals surface area contributed by atoms with E-state index in [1.807, 2.05) is 62.4 Å². The number of nitrogens with one attached hydrogen (secondary N) is 2. The van der Waals surface area contributed by atoms with Gasteiger partial charge in [0, 0.05) is 4.92 Å². The molecule has 1 aliphatic rings. The second-order valence-electron chi connectivity index (χ2n) is 9.56. The Morgan fingerprint density at radius 2 is 1.71 bits per heavy atom. The molecule has 0 saturated carbocycles. The van der Waals surface area contributed by atoms with Crippen LogP contribution < -0.4 is 10.6 Å². The summed E-state index contributed by atoms with van der Waals surface area (Å²) in [5.41, 5.74) is 1.43. The number of carbonyl (C=O) groups excluding carboxylic acids is 1. The molecule has 9 heteroatoms. The molecule has 3 aromatic rings. The summed E-state index contributed by atoms with van der Waals surface area (Å²) in [4.78, 5) is 25.7. The molecule has 4 N–H and O–H groups in total. The predicted molar refractivity (Wildman–Crippen MR) is 135 cm³/mol. The molecule has 8 nitrogen and oxygen atoms in total. The van der Waals surface area contributed by atoms with Crippen LogP contribution in [0.15, 0.2) is 72.8 Å². The Kier molecular flexibility index (Phi) is 7.49. The van der Waals surface area contributed by atoms with Gasteiger partial charge < -0.3 is 15.4 Å². The van der Waals surface area contributed by atoms with Crippen LogP contribution in [-0.4, -0.2) is 46.0 Å². The Hall–Kier alpha value is -3.27. The zero-order chi connectivity index (χ0) is 25.1. The molecule has 0 radical (unpaired) electrons. The van der Waals surface area contributed by atoms with Crippen molar-refractivity contribution in [3.8, 4) is 0 Å². The van der Waals surface area contributed by atoms with Crippen LogP contribution in [0.3, 0.4) is 0 Å². The molecule has 1 fully saturated rings. The first kappa shape index (κ1) is 24.8. The monoisotopic (exact) mass is 475 g/mol. The minimum Gasteiger partial charge on any atom is -0.426 e. The van der Waals surface area contributed by atoms with Crippen LogP contribution in [-0.2, 0) is 4.79 Å². The van der Waals surface area contributed by atoms with Crippen molar-refractivity contribution in [3.63, 3.8) is 0 Å². The fourth-order valence-electron chi connectivity index (χ4n) is 5.19. The highest BCUT2D eigenvalue weighted by Gasteiger charge is 2.55. The minimum atomic E-state index is -1.74. The lowest BCUT2D eigenvalue weighted by molar-refractivity contribution is -0.527. The van der Waals surface area contributed by atoms with Crippen LogP contribution in [0, 0.1) is 16.0 Å². The van der Waals surface area contributed by atoms with Gasteiger partial charge in [0.05, 0.1) is 11.9 Å². The minimum absolute atomic E-state index is 0.110. The first-order chi connectivity index (χ1) is 16.8. The van der Waals surface area contributed by atoms with E-state index in [2.05, 4.69) is 10.6 Å². The third kappa shape index (κ3) is 5.22. The Labute approximate surface area is 204 Å². The summed E-state index contributed by atoms with van der Waals surface area (Å²) in [6.07, 6.45) is 0.359. The lowest BCUT2D eigenvalue weighted by atomic mass is 9.74. The summed E-state index contributed by atoms with van der Waals surface area (Å²) in [7, 11) is -1.74. The topological polar surface area (TPSA) is 125 Å². The van der Waals surface area contributed by atoms with E-state index in [1.165, 1.54) is 0 Å². The third-order valence-electron chi connectivity index (χ3n) is 6.71. The summed E-state index contributed by atoms with van der Waals surface area (Å²) in [5, 5.41) is 40.0. The number of carbonyl (C=O) groups is 1. The molecule has 1 aliphatic heterocycles. The van der Waals surface area contributed by atoms with Crippen LogP contribution in [0.2, 0.25) is 0 Å². The Morgan fingerprint density at radius 1 is 1.06 bits per heavy atom. The van der Waals surface area contributed by atoms with E-state index in [1.54, 1.807) is 24.3 Å². The quantitative estimate of drug-likeness (QED) is 0.226. The molecule has 0 aromatic heterocycles. The maximum Gasteiger partial charge on any atom is 0.475 e. The Morgan fingerprint density at radius 3 is 2.37 bits per heavy atom. The zero-order valence-corrected chi connectivity index (χ0v) is 19.7.